The average molecular weight is 345 g/mol. The van der Waals surface area contributed by atoms with Gasteiger partial charge in [0.1, 0.15) is 0 Å². The van der Waals surface area contributed by atoms with Gasteiger partial charge in [0.25, 0.3) is 5.91 Å². The van der Waals surface area contributed by atoms with E-state index in [2.05, 4.69) is 10.1 Å². The van der Waals surface area contributed by atoms with Gasteiger partial charge in [-0.05, 0) is 18.9 Å². The molecule has 0 spiro atoms. The Balaban J connectivity index is 1.53. The van der Waals surface area contributed by atoms with Crippen LogP contribution in [0.4, 0.5) is 4.39 Å². The number of carbonyl (C=O) groups is 1. The number of fused-ring (bicyclic) bond motifs is 1. The second-order valence-electron chi connectivity index (χ2n) is 6.87. The Morgan fingerprint density at radius 2 is 2.24 bits per heavy atom. The summed E-state index contributed by atoms with van der Waals surface area (Å²) in [5, 5.41) is 4.05. The highest BCUT2D eigenvalue weighted by atomic mass is 19.1. The normalized spacial score (nSPS) is 22.3. The Hall–Kier alpha value is -2.44. The predicted octanol–water partition coefficient (Wildman–Crippen LogP) is 3.00. The minimum absolute atomic E-state index is 0.141. The smallest absolute Gasteiger partial charge is 0.264 e. The molecular weight excluding hydrogens is 325 g/mol. The van der Waals surface area contributed by atoms with E-state index < -0.39 is 11.9 Å². The number of para-hydroxylation sites is 1. The number of nitrogens with zero attached hydrogens (tertiary/aromatic N) is 3. The van der Waals surface area contributed by atoms with Gasteiger partial charge in [0.2, 0.25) is 5.89 Å². The van der Waals surface area contributed by atoms with Crippen LogP contribution in [0.25, 0.3) is 0 Å². The molecule has 4 rings (SSSR count). The zero-order chi connectivity index (χ0) is 17.6. The zero-order valence-electron chi connectivity index (χ0n) is 14.2. The summed E-state index contributed by atoms with van der Waals surface area (Å²) in [6, 6.07) is 4.56. The summed E-state index contributed by atoms with van der Waals surface area (Å²) in [6.45, 7) is 4.58. The fourth-order valence-corrected chi connectivity index (χ4v) is 3.47. The molecule has 0 radical (unpaired) electrons. The molecule has 132 valence electrons. The first kappa shape index (κ1) is 16.1. The second kappa shape index (κ2) is 6.13. The zero-order valence-corrected chi connectivity index (χ0v) is 14.2. The van der Waals surface area contributed by atoms with E-state index in [0.717, 1.165) is 18.4 Å². The van der Waals surface area contributed by atoms with E-state index in [4.69, 9.17) is 9.26 Å². The summed E-state index contributed by atoms with van der Waals surface area (Å²) in [6.07, 6.45) is 1.36. The number of amides is 1. The van der Waals surface area contributed by atoms with E-state index in [0.29, 0.717) is 24.7 Å². The minimum Gasteiger partial charge on any atom is -0.477 e. The third kappa shape index (κ3) is 2.77. The molecule has 0 saturated carbocycles. The van der Waals surface area contributed by atoms with Gasteiger partial charge < -0.3 is 14.2 Å². The molecular formula is C18H20FN3O3. The van der Waals surface area contributed by atoms with Crippen molar-refractivity contribution in [2.45, 2.75) is 51.2 Å². The van der Waals surface area contributed by atoms with Crippen molar-refractivity contribution in [1.82, 2.24) is 15.0 Å². The molecule has 6 nitrogen and oxygen atoms in total. The topological polar surface area (TPSA) is 68.5 Å². The van der Waals surface area contributed by atoms with Gasteiger partial charge in [-0.3, -0.25) is 4.79 Å². The number of aromatic nitrogens is 2. The Bertz CT molecular complexity index is 805. The standard InChI is InChI=1S/C18H20FN3O3/c1-10(2)17-20-16(21-25-17)13-7-4-8-22(13)18(23)14-9-11-5-3-6-12(19)15(11)24-14/h3,5-6,10,13-14H,4,7-9H2,1-2H3/t13-,14+/m1/s1. The summed E-state index contributed by atoms with van der Waals surface area (Å²) in [5.41, 5.74) is 0.732. The van der Waals surface area contributed by atoms with Crippen LogP contribution in [0.5, 0.6) is 5.75 Å². The molecule has 25 heavy (non-hydrogen) atoms. The molecule has 0 aliphatic carbocycles. The minimum atomic E-state index is -0.691. The number of likely N-dealkylation sites (tertiary alicyclic amines) is 1. The van der Waals surface area contributed by atoms with Gasteiger partial charge in [-0.2, -0.15) is 4.98 Å². The molecule has 2 aliphatic heterocycles. The summed E-state index contributed by atoms with van der Waals surface area (Å²) in [4.78, 5) is 19.1. The molecule has 1 amide bonds. The first-order valence-corrected chi connectivity index (χ1v) is 8.62. The maximum atomic E-state index is 13.8. The van der Waals surface area contributed by atoms with Crippen LogP contribution in [0.3, 0.4) is 0 Å². The van der Waals surface area contributed by atoms with Crippen LogP contribution in [0, 0.1) is 5.82 Å². The molecule has 0 bridgehead atoms. The fraction of sp³-hybridized carbons (Fsp3) is 0.500. The number of hydrogen-bond acceptors (Lipinski definition) is 5. The highest BCUT2D eigenvalue weighted by molar-refractivity contribution is 5.83. The monoisotopic (exact) mass is 345 g/mol. The molecule has 3 heterocycles. The number of carbonyl (C=O) groups excluding carboxylic acids is 1. The Kier molecular flexibility index (Phi) is 3.94. The number of ether oxygens (including phenoxy) is 1. The largest absolute Gasteiger partial charge is 0.477 e. The van der Waals surface area contributed by atoms with Crippen molar-refractivity contribution >= 4 is 5.91 Å². The number of hydrogen-bond donors (Lipinski definition) is 0. The van der Waals surface area contributed by atoms with Crippen LogP contribution < -0.4 is 4.74 Å². The molecule has 1 aromatic carbocycles. The number of rotatable bonds is 3. The predicted molar refractivity (Wildman–Crippen MR) is 86.6 cm³/mol. The summed E-state index contributed by atoms with van der Waals surface area (Å²) in [5.74, 6) is 0.873. The SMILES string of the molecule is CC(C)c1nc([C@H]2CCCN2C(=O)[C@@H]2Cc3cccc(F)c3O2)no1. The fourth-order valence-electron chi connectivity index (χ4n) is 3.47. The Morgan fingerprint density at radius 3 is 2.96 bits per heavy atom. The lowest BCUT2D eigenvalue weighted by molar-refractivity contribution is -0.139. The van der Waals surface area contributed by atoms with Crippen LogP contribution in [0.2, 0.25) is 0 Å². The van der Waals surface area contributed by atoms with Crippen molar-refractivity contribution < 1.29 is 18.4 Å². The van der Waals surface area contributed by atoms with E-state index >= 15 is 0 Å². The van der Waals surface area contributed by atoms with Crippen LogP contribution in [0.15, 0.2) is 22.7 Å². The highest BCUT2D eigenvalue weighted by Gasteiger charge is 2.40. The molecule has 2 aromatic rings. The third-order valence-electron chi connectivity index (χ3n) is 4.77. The van der Waals surface area contributed by atoms with Crippen LogP contribution in [-0.2, 0) is 11.2 Å². The van der Waals surface area contributed by atoms with E-state index in [9.17, 15) is 9.18 Å². The average Bonchev–Trinajstić information content (AvgIpc) is 3.32. The van der Waals surface area contributed by atoms with Crippen LogP contribution in [0.1, 0.15) is 55.9 Å². The van der Waals surface area contributed by atoms with E-state index in [-0.39, 0.29) is 23.6 Å². The molecule has 7 heteroatoms. The van der Waals surface area contributed by atoms with E-state index in [1.165, 1.54) is 6.07 Å². The van der Waals surface area contributed by atoms with Crippen molar-refractivity contribution in [3.05, 3.63) is 41.3 Å². The van der Waals surface area contributed by atoms with Crippen molar-refractivity contribution in [3.63, 3.8) is 0 Å². The van der Waals surface area contributed by atoms with Gasteiger partial charge in [-0.15, -0.1) is 0 Å². The van der Waals surface area contributed by atoms with E-state index in [1.54, 1.807) is 17.0 Å². The van der Waals surface area contributed by atoms with Gasteiger partial charge in [0.05, 0.1) is 6.04 Å². The van der Waals surface area contributed by atoms with Gasteiger partial charge in [0, 0.05) is 24.4 Å². The molecule has 2 aliphatic rings. The van der Waals surface area contributed by atoms with Crippen LogP contribution >= 0.6 is 0 Å². The summed E-state index contributed by atoms with van der Waals surface area (Å²) >= 11 is 0. The summed E-state index contributed by atoms with van der Waals surface area (Å²) in [7, 11) is 0. The molecule has 1 aromatic heterocycles. The number of benzene rings is 1. The van der Waals surface area contributed by atoms with Crippen molar-refractivity contribution in [3.8, 4) is 5.75 Å². The maximum Gasteiger partial charge on any atom is 0.264 e. The lowest BCUT2D eigenvalue weighted by atomic mass is 10.1. The van der Waals surface area contributed by atoms with Gasteiger partial charge in [-0.25, -0.2) is 4.39 Å². The molecule has 2 atom stereocenters. The Labute approximate surface area is 145 Å². The molecule has 0 N–H and O–H groups in total. The summed E-state index contributed by atoms with van der Waals surface area (Å²) < 4.78 is 24.7. The third-order valence-corrected chi connectivity index (χ3v) is 4.77. The van der Waals surface area contributed by atoms with Crippen molar-refractivity contribution in [2.24, 2.45) is 0 Å². The Morgan fingerprint density at radius 1 is 1.40 bits per heavy atom. The highest BCUT2D eigenvalue weighted by Crippen LogP contribution is 2.36. The van der Waals surface area contributed by atoms with Crippen molar-refractivity contribution in [2.75, 3.05) is 6.54 Å². The second-order valence-corrected chi connectivity index (χ2v) is 6.87. The first-order chi connectivity index (χ1) is 12.0. The maximum absolute atomic E-state index is 13.8. The molecule has 1 fully saturated rings. The molecule has 1 saturated heterocycles. The van der Waals surface area contributed by atoms with Gasteiger partial charge >= 0.3 is 0 Å². The van der Waals surface area contributed by atoms with Crippen molar-refractivity contribution in [1.29, 1.82) is 0 Å². The lowest BCUT2D eigenvalue weighted by Gasteiger charge is -2.25. The number of halogens is 1. The van der Waals surface area contributed by atoms with E-state index in [1.807, 2.05) is 13.8 Å². The lowest BCUT2D eigenvalue weighted by Crippen LogP contribution is -2.41. The molecule has 0 unspecified atom stereocenters. The van der Waals surface area contributed by atoms with Crippen LogP contribution in [-0.4, -0.2) is 33.6 Å². The quantitative estimate of drug-likeness (QED) is 0.855. The first-order valence-electron chi connectivity index (χ1n) is 8.62. The van der Waals surface area contributed by atoms with Gasteiger partial charge in [-0.1, -0.05) is 31.1 Å². The van der Waals surface area contributed by atoms with Gasteiger partial charge in [0.15, 0.2) is 23.5 Å².